The minimum Gasteiger partial charge on any atom is -0.493 e. The summed E-state index contributed by atoms with van der Waals surface area (Å²) in [6.07, 6.45) is 7.34. The summed E-state index contributed by atoms with van der Waals surface area (Å²) in [5.74, 6) is 0.835. The fourth-order valence-electron chi connectivity index (χ4n) is 3.08. The molecule has 0 aliphatic heterocycles. The highest BCUT2D eigenvalue weighted by Gasteiger charge is 2.22. The molecule has 6 nitrogen and oxygen atoms in total. The van der Waals surface area contributed by atoms with E-state index in [1.54, 1.807) is 38.5 Å². The van der Waals surface area contributed by atoms with Gasteiger partial charge in [-0.05, 0) is 42.5 Å². The number of carbonyl (C=O) groups is 2. The first kappa shape index (κ1) is 19.8. The molecule has 2 rings (SSSR count). The molecule has 1 aromatic carbocycles. The molecule has 6 heteroatoms. The first-order valence-corrected chi connectivity index (χ1v) is 8.89. The van der Waals surface area contributed by atoms with E-state index in [0.717, 1.165) is 24.8 Å². The third-order valence-corrected chi connectivity index (χ3v) is 4.62. The van der Waals surface area contributed by atoms with E-state index in [2.05, 4.69) is 12.2 Å². The Kier molecular flexibility index (Phi) is 7.51. The van der Waals surface area contributed by atoms with E-state index in [-0.39, 0.29) is 18.6 Å². The van der Waals surface area contributed by atoms with E-state index >= 15 is 0 Å². The van der Waals surface area contributed by atoms with Crippen molar-refractivity contribution in [2.24, 2.45) is 5.92 Å². The highest BCUT2D eigenvalue weighted by atomic mass is 16.5. The summed E-state index contributed by atoms with van der Waals surface area (Å²) in [6.45, 7) is 1.88. The van der Waals surface area contributed by atoms with E-state index in [9.17, 15) is 9.59 Å². The summed E-state index contributed by atoms with van der Waals surface area (Å²) in [4.78, 5) is 23.8. The van der Waals surface area contributed by atoms with Crippen LogP contribution in [0.4, 0.5) is 0 Å². The van der Waals surface area contributed by atoms with Crippen molar-refractivity contribution in [2.45, 2.75) is 38.6 Å². The van der Waals surface area contributed by atoms with Gasteiger partial charge in [0.2, 0.25) is 0 Å². The number of ether oxygens (including phenoxy) is 3. The SMILES string of the molecule is COc1ccc(/C=C/C(=O)OCC(=O)N[C@H]2CCCC[C@@H]2C)cc1OC. The van der Waals surface area contributed by atoms with Gasteiger partial charge in [0, 0.05) is 12.1 Å². The van der Waals surface area contributed by atoms with Crippen molar-refractivity contribution >= 4 is 18.0 Å². The molecule has 0 saturated heterocycles. The number of benzene rings is 1. The minimum absolute atomic E-state index is 0.178. The molecule has 0 bridgehead atoms. The van der Waals surface area contributed by atoms with Gasteiger partial charge in [-0.1, -0.05) is 25.8 Å². The van der Waals surface area contributed by atoms with Crippen LogP contribution in [0.15, 0.2) is 24.3 Å². The van der Waals surface area contributed by atoms with Gasteiger partial charge in [0.1, 0.15) is 0 Å². The molecular formula is C20H27NO5. The number of nitrogens with one attached hydrogen (secondary N) is 1. The zero-order valence-electron chi connectivity index (χ0n) is 15.6. The van der Waals surface area contributed by atoms with Crippen LogP contribution >= 0.6 is 0 Å². The Morgan fingerprint density at radius 2 is 1.88 bits per heavy atom. The number of rotatable bonds is 7. The Morgan fingerprint density at radius 3 is 2.58 bits per heavy atom. The molecule has 1 saturated carbocycles. The van der Waals surface area contributed by atoms with Crippen LogP contribution in [0.5, 0.6) is 11.5 Å². The summed E-state index contributed by atoms with van der Waals surface area (Å²) < 4.78 is 15.4. The van der Waals surface area contributed by atoms with E-state index in [1.807, 2.05) is 0 Å². The molecule has 26 heavy (non-hydrogen) atoms. The van der Waals surface area contributed by atoms with Crippen LogP contribution < -0.4 is 14.8 Å². The van der Waals surface area contributed by atoms with Crippen LogP contribution in [0.3, 0.4) is 0 Å². The highest BCUT2D eigenvalue weighted by molar-refractivity contribution is 5.89. The summed E-state index contributed by atoms with van der Waals surface area (Å²) >= 11 is 0. The molecule has 0 radical (unpaired) electrons. The third-order valence-electron chi connectivity index (χ3n) is 4.62. The van der Waals surface area contributed by atoms with Crippen molar-refractivity contribution in [3.05, 3.63) is 29.8 Å². The van der Waals surface area contributed by atoms with Gasteiger partial charge >= 0.3 is 5.97 Å². The van der Waals surface area contributed by atoms with E-state index in [4.69, 9.17) is 14.2 Å². The smallest absolute Gasteiger partial charge is 0.331 e. The Balaban J connectivity index is 1.80. The summed E-state index contributed by atoms with van der Waals surface area (Å²) in [6, 6.07) is 5.47. The molecule has 142 valence electrons. The zero-order chi connectivity index (χ0) is 18.9. The first-order valence-electron chi connectivity index (χ1n) is 8.89. The maximum atomic E-state index is 11.9. The molecule has 1 fully saturated rings. The normalized spacial score (nSPS) is 19.8. The van der Waals surface area contributed by atoms with Gasteiger partial charge in [-0.15, -0.1) is 0 Å². The monoisotopic (exact) mass is 361 g/mol. The number of carbonyl (C=O) groups excluding carboxylic acids is 2. The molecule has 0 spiro atoms. The summed E-state index contributed by atoms with van der Waals surface area (Å²) in [5.41, 5.74) is 0.764. The van der Waals surface area contributed by atoms with Crippen LogP contribution in [-0.2, 0) is 14.3 Å². The van der Waals surface area contributed by atoms with Gasteiger partial charge in [0.15, 0.2) is 18.1 Å². The lowest BCUT2D eigenvalue weighted by molar-refractivity contribution is -0.144. The van der Waals surface area contributed by atoms with Crippen LogP contribution in [0.25, 0.3) is 6.08 Å². The highest BCUT2D eigenvalue weighted by Crippen LogP contribution is 2.28. The zero-order valence-corrected chi connectivity index (χ0v) is 15.6. The third kappa shape index (κ3) is 5.79. The second-order valence-electron chi connectivity index (χ2n) is 6.49. The molecule has 1 aromatic rings. The van der Waals surface area contributed by atoms with Gasteiger partial charge in [0.05, 0.1) is 14.2 Å². The maximum Gasteiger partial charge on any atom is 0.331 e. The van der Waals surface area contributed by atoms with Crippen molar-refractivity contribution < 1.29 is 23.8 Å². The average Bonchev–Trinajstić information content (AvgIpc) is 2.66. The maximum absolute atomic E-state index is 11.9. The van der Waals surface area contributed by atoms with Gasteiger partial charge in [-0.25, -0.2) is 4.79 Å². The van der Waals surface area contributed by atoms with Crippen LogP contribution in [-0.4, -0.2) is 38.7 Å². The first-order chi connectivity index (χ1) is 12.5. The Hall–Kier alpha value is -2.50. The van der Waals surface area contributed by atoms with Crippen molar-refractivity contribution in [1.82, 2.24) is 5.32 Å². The van der Waals surface area contributed by atoms with Gasteiger partial charge in [-0.3, -0.25) is 4.79 Å². The molecule has 0 unspecified atom stereocenters. The molecule has 1 aliphatic carbocycles. The molecule has 1 amide bonds. The lowest BCUT2D eigenvalue weighted by Gasteiger charge is -2.29. The number of hydrogen-bond donors (Lipinski definition) is 1. The molecule has 1 N–H and O–H groups in total. The number of hydrogen-bond acceptors (Lipinski definition) is 5. The largest absolute Gasteiger partial charge is 0.493 e. The van der Waals surface area contributed by atoms with Crippen molar-refractivity contribution in [3.8, 4) is 11.5 Å². The fraction of sp³-hybridized carbons (Fsp3) is 0.500. The lowest BCUT2D eigenvalue weighted by Crippen LogP contribution is -2.42. The number of amides is 1. The molecule has 0 aromatic heterocycles. The van der Waals surface area contributed by atoms with E-state index < -0.39 is 5.97 Å². The predicted molar refractivity (Wildman–Crippen MR) is 99.1 cm³/mol. The Labute approximate surface area is 154 Å². The number of methoxy groups -OCH3 is 2. The molecule has 0 heterocycles. The van der Waals surface area contributed by atoms with E-state index in [1.165, 1.54) is 12.5 Å². The fourth-order valence-corrected chi connectivity index (χ4v) is 3.08. The van der Waals surface area contributed by atoms with Crippen molar-refractivity contribution in [2.75, 3.05) is 20.8 Å². The Morgan fingerprint density at radius 1 is 1.15 bits per heavy atom. The number of esters is 1. The predicted octanol–water partition coefficient (Wildman–Crippen LogP) is 2.96. The molecule has 2 atom stereocenters. The van der Waals surface area contributed by atoms with E-state index in [0.29, 0.717) is 17.4 Å². The molecular weight excluding hydrogens is 334 g/mol. The van der Waals surface area contributed by atoms with Crippen molar-refractivity contribution in [1.29, 1.82) is 0 Å². The van der Waals surface area contributed by atoms with Crippen LogP contribution in [0.1, 0.15) is 38.2 Å². The summed E-state index contributed by atoms with van der Waals surface area (Å²) in [5, 5.41) is 2.95. The topological polar surface area (TPSA) is 73.9 Å². The summed E-state index contributed by atoms with van der Waals surface area (Å²) in [7, 11) is 3.11. The average molecular weight is 361 g/mol. The molecule has 1 aliphatic rings. The van der Waals surface area contributed by atoms with Crippen LogP contribution in [0, 0.1) is 5.92 Å². The second-order valence-corrected chi connectivity index (χ2v) is 6.49. The lowest BCUT2D eigenvalue weighted by atomic mass is 9.86. The van der Waals surface area contributed by atoms with Gasteiger partial charge in [0.25, 0.3) is 5.91 Å². The quantitative estimate of drug-likeness (QED) is 0.597. The van der Waals surface area contributed by atoms with Crippen molar-refractivity contribution in [3.63, 3.8) is 0 Å². The Bertz CT molecular complexity index is 656. The van der Waals surface area contributed by atoms with Gasteiger partial charge < -0.3 is 19.5 Å². The van der Waals surface area contributed by atoms with Gasteiger partial charge in [-0.2, -0.15) is 0 Å². The second kappa shape index (κ2) is 9.85. The minimum atomic E-state index is -0.563. The standard InChI is InChI=1S/C20H27NO5/c1-14-6-4-5-7-16(14)21-19(22)13-26-20(23)11-9-15-8-10-17(24-2)18(12-15)25-3/h8-12,14,16H,4-7,13H2,1-3H3,(H,21,22)/b11-9+/t14-,16-/m0/s1. The van der Waals surface area contributed by atoms with Crippen LogP contribution in [0.2, 0.25) is 0 Å².